The van der Waals surface area contributed by atoms with Gasteiger partial charge in [0.2, 0.25) is 0 Å². The molecule has 56 valence electrons. The van der Waals surface area contributed by atoms with Crippen LogP contribution in [0.3, 0.4) is 0 Å². The number of carbonyl (C=O) groups is 1. The first-order chi connectivity index (χ1) is 5.20. The van der Waals surface area contributed by atoms with E-state index >= 15 is 0 Å². The minimum absolute atomic E-state index is 0.633. The highest BCUT2D eigenvalue weighted by Gasteiger charge is 1.91. The third-order valence-electron chi connectivity index (χ3n) is 1.13. The highest BCUT2D eigenvalue weighted by molar-refractivity contribution is 5.92. The number of hydrogen-bond acceptors (Lipinski definition) is 2. The lowest BCUT2D eigenvalue weighted by Gasteiger charge is -1.87. The quantitative estimate of drug-likeness (QED) is 0.494. The SMILES string of the molecule is Cn1nccc1C#CC(N)=O. The van der Waals surface area contributed by atoms with E-state index < -0.39 is 5.91 Å². The fourth-order valence-corrected chi connectivity index (χ4v) is 0.622. The van der Waals surface area contributed by atoms with E-state index in [2.05, 4.69) is 16.9 Å². The zero-order valence-corrected chi connectivity index (χ0v) is 6.03. The van der Waals surface area contributed by atoms with Gasteiger partial charge in [0.1, 0.15) is 5.69 Å². The van der Waals surface area contributed by atoms with Crippen molar-refractivity contribution < 1.29 is 4.79 Å². The molecule has 0 bridgehead atoms. The number of amides is 1. The molecule has 1 heterocycles. The van der Waals surface area contributed by atoms with Gasteiger partial charge in [-0.05, 0) is 12.0 Å². The molecule has 0 atom stereocenters. The van der Waals surface area contributed by atoms with Gasteiger partial charge in [0.05, 0.1) is 6.20 Å². The summed E-state index contributed by atoms with van der Waals surface area (Å²) in [5.74, 6) is 4.15. The summed E-state index contributed by atoms with van der Waals surface area (Å²) in [5, 5.41) is 3.86. The molecule has 2 N–H and O–H groups in total. The average molecular weight is 149 g/mol. The molecule has 1 rings (SSSR count). The Balaban J connectivity index is 2.90. The van der Waals surface area contributed by atoms with Crippen molar-refractivity contribution in [1.82, 2.24) is 9.78 Å². The number of carbonyl (C=O) groups excluding carboxylic acids is 1. The Bertz CT molecular complexity index is 329. The van der Waals surface area contributed by atoms with E-state index in [1.807, 2.05) is 0 Å². The minimum Gasteiger partial charge on any atom is -0.359 e. The fraction of sp³-hybridized carbons (Fsp3) is 0.143. The molecule has 1 aromatic heterocycles. The Morgan fingerprint density at radius 3 is 3.00 bits per heavy atom. The first kappa shape index (κ1) is 7.35. The Hall–Kier alpha value is -1.76. The molecular weight excluding hydrogens is 142 g/mol. The van der Waals surface area contributed by atoms with Crippen LogP contribution in [0, 0.1) is 11.8 Å². The molecule has 11 heavy (non-hydrogen) atoms. The zero-order valence-electron chi connectivity index (χ0n) is 6.03. The van der Waals surface area contributed by atoms with Crippen molar-refractivity contribution in [2.24, 2.45) is 12.8 Å². The molecule has 0 saturated carbocycles. The van der Waals surface area contributed by atoms with E-state index in [0.717, 1.165) is 0 Å². The number of hydrogen-bond donors (Lipinski definition) is 1. The Morgan fingerprint density at radius 1 is 1.82 bits per heavy atom. The summed E-state index contributed by atoms with van der Waals surface area (Å²) < 4.78 is 1.57. The van der Waals surface area contributed by atoms with Crippen LogP contribution in [0.4, 0.5) is 0 Å². The zero-order chi connectivity index (χ0) is 8.27. The van der Waals surface area contributed by atoms with Gasteiger partial charge in [0.15, 0.2) is 0 Å². The van der Waals surface area contributed by atoms with Crippen LogP contribution in [0.5, 0.6) is 0 Å². The maximum Gasteiger partial charge on any atom is 0.293 e. The maximum absolute atomic E-state index is 10.2. The van der Waals surface area contributed by atoms with Crippen molar-refractivity contribution in [2.75, 3.05) is 0 Å². The lowest BCUT2D eigenvalue weighted by molar-refractivity contribution is -0.112. The van der Waals surface area contributed by atoms with E-state index in [1.54, 1.807) is 24.0 Å². The van der Waals surface area contributed by atoms with Gasteiger partial charge >= 0.3 is 0 Å². The number of rotatable bonds is 0. The Labute approximate surface area is 64.0 Å². The molecule has 0 aromatic carbocycles. The third-order valence-corrected chi connectivity index (χ3v) is 1.13. The van der Waals surface area contributed by atoms with Crippen LogP contribution in [0.2, 0.25) is 0 Å². The molecule has 4 nitrogen and oxygen atoms in total. The summed E-state index contributed by atoms with van der Waals surface area (Å²) in [6.45, 7) is 0. The molecular formula is C7H7N3O. The topological polar surface area (TPSA) is 60.9 Å². The maximum atomic E-state index is 10.2. The molecule has 0 aliphatic heterocycles. The van der Waals surface area contributed by atoms with Gasteiger partial charge in [0.25, 0.3) is 5.91 Å². The van der Waals surface area contributed by atoms with Crippen molar-refractivity contribution >= 4 is 5.91 Å². The monoisotopic (exact) mass is 149 g/mol. The van der Waals surface area contributed by atoms with E-state index in [0.29, 0.717) is 5.69 Å². The van der Waals surface area contributed by atoms with E-state index in [-0.39, 0.29) is 0 Å². The van der Waals surface area contributed by atoms with Crippen molar-refractivity contribution in [3.8, 4) is 11.8 Å². The van der Waals surface area contributed by atoms with Crippen molar-refractivity contribution in [1.29, 1.82) is 0 Å². The summed E-state index contributed by atoms with van der Waals surface area (Å²) in [6.07, 6.45) is 1.60. The number of nitrogens with zero attached hydrogens (tertiary/aromatic N) is 2. The number of nitrogens with two attached hydrogens (primary N) is 1. The molecule has 0 aliphatic carbocycles. The first-order valence-corrected chi connectivity index (χ1v) is 2.99. The molecule has 0 radical (unpaired) electrons. The molecule has 0 spiro atoms. The Kier molecular flexibility index (Phi) is 1.93. The second-order valence-corrected chi connectivity index (χ2v) is 1.95. The molecule has 0 saturated heterocycles. The van der Waals surface area contributed by atoms with Crippen LogP contribution in [0.25, 0.3) is 0 Å². The second-order valence-electron chi connectivity index (χ2n) is 1.95. The lowest BCUT2D eigenvalue weighted by Crippen LogP contribution is -2.06. The summed E-state index contributed by atoms with van der Waals surface area (Å²) in [7, 11) is 1.74. The highest BCUT2D eigenvalue weighted by atomic mass is 16.1. The first-order valence-electron chi connectivity index (χ1n) is 2.99. The van der Waals surface area contributed by atoms with Gasteiger partial charge in [-0.15, -0.1) is 0 Å². The van der Waals surface area contributed by atoms with Crippen LogP contribution >= 0.6 is 0 Å². The number of aromatic nitrogens is 2. The molecule has 0 aliphatic rings. The van der Waals surface area contributed by atoms with Crippen molar-refractivity contribution in [3.05, 3.63) is 18.0 Å². The molecule has 4 heteroatoms. The van der Waals surface area contributed by atoms with E-state index in [4.69, 9.17) is 5.73 Å². The predicted molar refractivity (Wildman–Crippen MR) is 39.3 cm³/mol. The van der Waals surface area contributed by atoms with Gasteiger partial charge in [-0.3, -0.25) is 9.48 Å². The van der Waals surface area contributed by atoms with Crippen LogP contribution in [-0.4, -0.2) is 15.7 Å². The highest BCUT2D eigenvalue weighted by Crippen LogP contribution is 1.91. The summed E-state index contributed by atoms with van der Waals surface area (Å²) in [5.41, 5.74) is 5.49. The average Bonchev–Trinajstić information content (AvgIpc) is 2.31. The molecule has 0 unspecified atom stereocenters. The van der Waals surface area contributed by atoms with Crippen LogP contribution in [-0.2, 0) is 11.8 Å². The van der Waals surface area contributed by atoms with Crippen LogP contribution in [0.1, 0.15) is 5.69 Å². The normalized spacial score (nSPS) is 8.45. The summed E-state index contributed by atoms with van der Waals surface area (Å²) >= 11 is 0. The fourth-order valence-electron chi connectivity index (χ4n) is 0.622. The van der Waals surface area contributed by atoms with E-state index in [1.165, 1.54) is 0 Å². The smallest absolute Gasteiger partial charge is 0.293 e. The largest absolute Gasteiger partial charge is 0.359 e. The van der Waals surface area contributed by atoms with Gasteiger partial charge in [-0.1, -0.05) is 0 Å². The number of primary amides is 1. The van der Waals surface area contributed by atoms with Crippen LogP contribution in [0.15, 0.2) is 12.3 Å². The standard InChI is InChI=1S/C7H7N3O/c1-10-6(4-5-9-10)2-3-7(8)11/h4-5H,1H3,(H2,8,11). The second kappa shape index (κ2) is 2.88. The van der Waals surface area contributed by atoms with Crippen molar-refractivity contribution in [2.45, 2.75) is 0 Å². The van der Waals surface area contributed by atoms with Crippen LogP contribution < -0.4 is 5.73 Å². The Morgan fingerprint density at radius 2 is 2.55 bits per heavy atom. The lowest BCUT2D eigenvalue weighted by atomic mass is 10.4. The van der Waals surface area contributed by atoms with Gasteiger partial charge in [0, 0.05) is 13.0 Å². The van der Waals surface area contributed by atoms with Gasteiger partial charge in [-0.2, -0.15) is 5.10 Å². The van der Waals surface area contributed by atoms with Crippen molar-refractivity contribution in [3.63, 3.8) is 0 Å². The van der Waals surface area contributed by atoms with E-state index in [9.17, 15) is 4.79 Å². The molecule has 1 amide bonds. The van der Waals surface area contributed by atoms with Gasteiger partial charge in [-0.25, -0.2) is 0 Å². The molecule has 1 aromatic rings. The number of aryl methyl sites for hydroxylation is 1. The summed E-state index contributed by atoms with van der Waals surface area (Å²) in [4.78, 5) is 10.2. The third kappa shape index (κ3) is 1.83. The predicted octanol–water partition coefficient (Wildman–Crippen LogP) is -0.743. The minimum atomic E-state index is -0.633. The summed E-state index contributed by atoms with van der Waals surface area (Å²) in [6, 6.07) is 1.70. The van der Waals surface area contributed by atoms with Gasteiger partial charge < -0.3 is 5.73 Å². The molecule has 0 fully saturated rings.